The molecule has 1 aromatic heterocycles. The molecule has 0 aromatic carbocycles. The van der Waals surface area contributed by atoms with Crippen molar-refractivity contribution in [2.75, 3.05) is 11.9 Å². The highest BCUT2D eigenvalue weighted by molar-refractivity contribution is 7.90. The molecule has 0 saturated carbocycles. The molecule has 2 rings (SSSR count). The van der Waals surface area contributed by atoms with E-state index < -0.39 is 21.5 Å². The zero-order chi connectivity index (χ0) is 14.0. The van der Waals surface area contributed by atoms with E-state index in [0.29, 0.717) is 11.4 Å². The predicted molar refractivity (Wildman–Crippen MR) is 66.6 cm³/mol. The van der Waals surface area contributed by atoms with Crippen LogP contribution in [0.15, 0.2) is 6.07 Å². The van der Waals surface area contributed by atoms with E-state index in [1.165, 1.54) is 6.42 Å². The van der Waals surface area contributed by atoms with E-state index in [9.17, 15) is 13.2 Å². The smallest absolute Gasteiger partial charge is 0.335 e. The van der Waals surface area contributed by atoms with Gasteiger partial charge in [-0.15, -0.1) is 0 Å². The molecule has 0 spiro atoms. The summed E-state index contributed by atoms with van der Waals surface area (Å²) in [5.41, 5.74) is 0.251. The number of carbonyl (C=O) groups is 1. The molecular formula is C10H13N4O4S. The second kappa shape index (κ2) is 5.10. The van der Waals surface area contributed by atoms with Gasteiger partial charge in [-0.25, -0.2) is 27.9 Å². The summed E-state index contributed by atoms with van der Waals surface area (Å²) in [5, 5.41) is 2.26. The maximum Gasteiger partial charge on any atom is 0.335 e. The van der Waals surface area contributed by atoms with Crippen LogP contribution in [-0.4, -0.2) is 36.5 Å². The molecule has 1 aromatic rings. The summed E-state index contributed by atoms with van der Waals surface area (Å²) in [4.78, 5) is 19.5. The lowest BCUT2D eigenvalue weighted by Crippen LogP contribution is -2.46. The van der Waals surface area contributed by atoms with Crippen LogP contribution in [0.2, 0.25) is 0 Å². The second-order valence-electron chi connectivity index (χ2n) is 4.01. The predicted octanol–water partition coefficient (Wildman–Crippen LogP) is 0.105. The van der Waals surface area contributed by atoms with Crippen LogP contribution in [0.25, 0.3) is 0 Å². The molecule has 0 aliphatic carbocycles. The maximum absolute atomic E-state index is 11.6. The lowest BCUT2D eigenvalue weighted by Gasteiger charge is -2.25. The monoisotopic (exact) mass is 285 g/mol. The van der Waals surface area contributed by atoms with Crippen molar-refractivity contribution in [2.24, 2.45) is 0 Å². The number of amides is 2. The van der Waals surface area contributed by atoms with Crippen LogP contribution in [0, 0.1) is 20.3 Å². The van der Waals surface area contributed by atoms with Gasteiger partial charge in [0.15, 0.2) is 5.44 Å². The lowest BCUT2D eigenvalue weighted by molar-refractivity contribution is 0.0622. The van der Waals surface area contributed by atoms with Crippen molar-refractivity contribution >= 4 is 22.0 Å². The van der Waals surface area contributed by atoms with Gasteiger partial charge in [0.2, 0.25) is 5.95 Å². The number of carbonyl (C=O) groups excluding carboxylic acids is 1. The Morgan fingerprint density at radius 2 is 1.95 bits per heavy atom. The van der Waals surface area contributed by atoms with Gasteiger partial charge in [0.05, 0.1) is 6.61 Å². The summed E-state index contributed by atoms with van der Waals surface area (Å²) in [5.74, 6) is 0.0451. The molecule has 8 nitrogen and oxygen atoms in total. The highest BCUT2D eigenvalue weighted by atomic mass is 32.2. The number of hydrogen-bond acceptors (Lipinski definition) is 6. The molecule has 19 heavy (non-hydrogen) atoms. The summed E-state index contributed by atoms with van der Waals surface area (Å²) in [6.07, 6.45) is 1.43. The standard InChI is InChI=1S/C10H13N4O4S/c1-6-5-7(2)12-9(11-6)13-10(15)14-19(16,17)8-3-4-18-8/h3,5,8H,4H2,1-2H3,(H2,11,12,13,14,15). The third-order valence-corrected chi connectivity index (χ3v) is 3.71. The van der Waals surface area contributed by atoms with Crippen LogP contribution in [-0.2, 0) is 14.8 Å². The Kier molecular flexibility index (Phi) is 3.67. The Morgan fingerprint density at radius 1 is 1.37 bits per heavy atom. The molecule has 1 unspecified atom stereocenters. The summed E-state index contributed by atoms with van der Waals surface area (Å²) in [7, 11) is -3.86. The molecule has 0 bridgehead atoms. The van der Waals surface area contributed by atoms with Gasteiger partial charge in [-0.05, 0) is 19.9 Å². The van der Waals surface area contributed by atoms with Gasteiger partial charge in [-0.3, -0.25) is 5.32 Å². The number of nitrogens with zero attached hydrogens (tertiary/aromatic N) is 2. The Morgan fingerprint density at radius 3 is 2.42 bits per heavy atom. The third kappa shape index (κ3) is 3.38. The molecule has 1 aliphatic rings. The minimum atomic E-state index is -3.86. The first-order chi connectivity index (χ1) is 8.87. The Labute approximate surface area is 110 Å². The number of hydrogen-bond donors (Lipinski definition) is 2. The van der Waals surface area contributed by atoms with E-state index >= 15 is 0 Å². The zero-order valence-electron chi connectivity index (χ0n) is 10.4. The van der Waals surface area contributed by atoms with Crippen molar-refractivity contribution < 1.29 is 17.9 Å². The van der Waals surface area contributed by atoms with Crippen LogP contribution >= 0.6 is 0 Å². The average Bonchev–Trinajstić information content (AvgIpc) is 2.08. The van der Waals surface area contributed by atoms with Crippen LogP contribution in [0.3, 0.4) is 0 Å². The van der Waals surface area contributed by atoms with E-state index in [0.717, 1.165) is 0 Å². The fourth-order valence-corrected chi connectivity index (χ4v) is 2.50. The van der Waals surface area contributed by atoms with E-state index in [4.69, 9.17) is 4.74 Å². The minimum Gasteiger partial charge on any atom is -0.359 e. The van der Waals surface area contributed by atoms with Gasteiger partial charge in [-0.1, -0.05) is 0 Å². The first-order valence-corrected chi connectivity index (χ1v) is 7.01. The van der Waals surface area contributed by atoms with E-state index in [1.54, 1.807) is 19.9 Å². The number of aromatic nitrogens is 2. The molecule has 1 fully saturated rings. The maximum atomic E-state index is 11.6. The van der Waals surface area contributed by atoms with E-state index in [1.807, 2.05) is 4.72 Å². The fourth-order valence-electron chi connectivity index (χ4n) is 1.49. The van der Waals surface area contributed by atoms with Gasteiger partial charge in [0, 0.05) is 17.8 Å². The summed E-state index contributed by atoms with van der Waals surface area (Å²) in [6.45, 7) is 3.74. The summed E-state index contributed by atoms with van der Waals surface area (Å²) < 4.78 is 29.8. The largest absolute Gasteiger partial charge is 0.359 e. The number of ether oxygens (including phenoxy) is 1. The Balaban J connectivity index is 2.01. The molecule has 2 heterocycles. The van der Waals surface area contributed by atoms with Crippen molar-refractivity contribution in [1.29, 1.82) is 0 Å². The number of anilines is 1. The number of rotatable bonds is 3. The molecule has 9 heteroatoms. The van der Waals surface area contributed by atoms with Crippen LogP contribution in [0.1, 0.15) is 11.4 Å². The Bertz CT molecular complexity index is 577. The first kappa shape index (κ1) is 13.7. The molecular weight excluding hydrogens is 272 g/mol. The molecule has 2 N–H and O–H groups in total. The number of sulfonamides is 1. The highest BCUT2D eigenvalue weighted by Gasteiger charge is 2.34. The lowest BCUT2D eigenvalue weighted by atomic mass is 10.4. The normalized spacial score (nSPS) is 18.5. The van der Waals surface area contributed by atoms with Crippen molar-refractivity contribution in [1.82, 2.24) is 14.7 Å². The molecule has 1 saturated heterocycles. The van der Waals surface area contributed by atoms with Crippen LogP contribution in [0.4, 0.5) is 10.7 Å². The Hall–Kier alpha value is -1.74. The van der Waals surface area contributed by atoms with Gasteiger partial charge in [0.1, 0.15) is 0 Å². The molecule has 1 radical (unpaired) electrons. The van der Waals surface area contributed by atoms with Gasteiger partial charge in [-0.2, -0.15) is 0 Å². The van der Waals surface area contributed by atoms with Crippen LogP contribution in [0.5, 0.6) is 0 Å². The van der Waals surface area contributed by atoms with Gasteiger partial charge >= 0.3 is 6.03 Å². The van der Waals surface area contributed by atoms with Crippen LogP contribution < -0.4 is 10.0 Å². The molecule has 1 aliphatic heterocycles. The average molecular weight is 285 g/mol. The van der Waals surface area contributed by atoms with E-state index in [2.05, 4.69) is 15.3 Å². The van der Waals surface area contributed by atoms with Crippen molar-refractivity contribution in [2.45, 2.75) is 19.3 Å². The molecule has 103 valence electrons. The van der Waals surface area contributed by atoms with Gasteiger partial charge in [0.25, 0.3) is 10.0 Å². The van der Waals surface area contributed by atoms with Crippen molar-refractivity contribution in [3.63, 3.8) is 0 Å². The SMILES string of the molecule is Cc1cc(C)nc(NC(=O)NS(=O)(=O)C2[CH]CO2)n1. The number of urea groups is 1. The van der Waals surface area contributed by atoms with Crippen molar-refractivity contribution in [3.05, 3.63) is 23.9 Å². The summed E-state index contributed by atoms with van der Waals surface area (Å²) in [6, 6.07) is 0.811. The van der Waals surface area contributed by atoms with Gasteiger partial charge < -0.3 is 4.74 Å². The minimum absolute atomic E-state index is 0.0451. The second-order valence-corrected chi connectivity index (χ2v) is 5.77. The molecule has 2 amide bonds. The van der Waals surface area contributed by atoms with E-state index in [-0.39, 0.29) is 12.6 Å². The molecule has 1 atom stereocenters. The topological polar surface area (TPSA) is 110 Å². The highest BCUT2D eigenvalue weighted by Crippen LogP contribution is 2.15. The number of nitrogens with one attached hydrogen (secondary N) is 2. The van der Waals surface area contributed by atoms with Crippen molar-refractivity contribution in [3.8, 4) is 0 Å². The summed E-state index contributed by atoms with van der Waals surface area (Å²) >= 11 is 0. The zero-order valence-corrected chi connectivity index (χ0v) is 11.2. The quantitative estimate of drug-likeness (QED) is 0.815. The third-order valence-electron chi connectivity index (χ3n) is 2.30. The number of aryl methyl sites for hydroxylation is 2. The fraction of sp³-hybridized carbons (Fsp3) is 0.400. The first-order valence-electron chi connectivity index (χ1n) is 5.47.